The van der Waals surface area contributed by atoms with Gasteiger partial charge in [-0.1, -0.05) is 35.9 Å². The van der Waals surface area contributed by atoms with Crippen LogP contribution in [-0.2, 0) is 4.74 Å². The normalized spacial score (nSPS) is 13.3. The number of rotatable bonds is 4. The summed E-state index contributed by atoms with van der Waals surface area (Å²) in [7, 11) is 0. The number of halogens is 1. The highest BCUT2D eigenvalue weighted by Crippen LogP contribution is 2.22. The summed E-state index contributed by atoms with van der Waals surface area (Å²) in [5, 5.41) is 8.39. The van der Waals surface area contributed by atoms with Gasteiger partial charge in [-0.2, -0.15) is 0 Å². The lowest BCUT2D eigenvalue weighted by atomic mass is 10.2. The van der Waals surface area contributed by atoms with Gasteiger partial charge in [0.25, 0.3) is 6.26 Å². The van der Waals surface area contributed by atoms with Crippen LogP contribution in [0, 0.1) is 11.5 Å². The molecule has 0 heterocycles. The summed E-state index contributed by atoms with van der Waals surface area (Å²) in [5.74, 6) is 0.721. The van der Waals surface area contributed by atoms with Gasteiger partial charge >= 0.3 is 0 Å². The Morgan fingerprint density at radius 2 is 2.15 bits per heavy atom. The number of nitriles is 1. The second kappa shape index (κ2) is 6.73. The van der Waals surface area contributed by atoms with Gasteiger partial charge in [0, 0.05) is 16.5 Å². The van der Waals surface area contributed by atoms with Gasteiger partial charge in [-0.15, -0.1) is 5.26 Å². The van der Waals surface area contributed by atoms with Crippen LogP contribution in [-0.4, -0.2) is 0 Å². The van der Waals surface area contributed by atoms with Gasteiger partial charge in [0.15, 0.2) is 0 Å². The number of hydrogen-bond donors (Lipinski definition) is 0. The van der Waals surface area contributed by atoms with E-state index in [9.17, 15) is 0 Å². The lowest BCUT2D eigenvalue weighted by Gasteiger charge is -2.05. The minimum Gasteiger partial charge on any atom is -0.392 e. The fourth-order valence-corrected chi connectivity index (χ4v) is 1.48. The summed E-state index contributed by atoms with van der Waals surface area (Å²) < 4.78 is 5.84. The third-order valence-corrected chi connectivity index (χ3v) is 2.57. The molecule has 0 saturated heterocycles. The van der Waals surface area contributed by atoms with Crippen molar-refractivity contribution >= 4 is 15.9 Å². The molecule has 0 rings (SSSR count). The van der Waals surface area contributed by atoms with Gasteiger partial charge in [0.1, 0.15) is 5.76 Å². The lowest BCUT2D eigenvalue weighted by molar-refractivity contribution is 0.356. The molecule has 0 aromatic heterocycles. The topological polar surface area (TPSA) is 33.0 Å². The third-order valence-electron chi connectivity index (χ3n) is 1.65. The van der Waals surface area contributed by atoms with Crippen molar-refractivity contribution < 1.29 is 4.74 Å². The quantitative estimate of drug-likeness (QED) is 0.427. The van der Waals surface area contributed by atoms with Crippen LogP contribution in [0.4, 0.5) is 0 Å². The molecule has 0 aromatic carbocycles. The summed E-state index contributed by atoms with van der Waals surface area (Å²) in [4.78, 5) is 0. The molecule has 0 bridgehead atoms. The average molecular weight is 244 g/mol. The van der Waals surface area contributed by atoms with Gasteiger partial charge in [-0.3, -0.25) is 0 Å². The first-order chi connectivity index (χ1) is 6.17. The molecule has 13 heavy (non-hydrogen) atoms. The van der Waals surface area contributed by atoms with Crippen LogP contribution < -0.4 is 0 Å². The Bertz CT molecular complexity index is 261. The van der Waals surface area contributed by atoms with E-state index in [1.165, 1.54) is 0 Å². The molecule has 0 unspecified atom stereocenters. The minimum absolute atomic E-state index is 0.721. The maximum absolute atomic E-state index is 8.39. The van der Waals surface area contributed by atoms with Crippen molar-refractivity contribution in [3.63, 3.8) is 0 Å². The molecule has 0 atom stereocenters. The van der Waals surface area contributed by atoms with Crippen LogP contribution in [0.2, 0.25) is 0 Å². The van der Waals surface area contributed by atoms with Crippen molar-refractivity contribution in [3.05, 3.63) is 21.9 Å². The largest absolute Gasteiger partial charge is 0.392 e. The molecule has 0 aliphatic rings. The van der Waals surface area contributed by atoms with Crippen molar-refractivity contribution in [1.82, 2.24) is 0 Å². The first kappa shape index (κ1) is 12.2. The highest BCUT2D eigenvalue weighted by molar-refractivity contribution is 9.12. The van der Waals surface area contributed by atoms with E-state index in [-0.39, 0.29) is 0 Å². The number of hydrogen-bond acceptors (Lipinski definition) is 2. The van der Waals surface area contributed by atoms with Gasteiger partial charge in [-0.05, 0) is 13.3 Å². The maximum Gasteiger partial charge on any atom is 0.291 e. The monoisotopic (exact) mass is 243 g/mol. The van der Waals surface area contributed by atoms with Crippen LogP contribution in [0.15, 0.2) is 21.9 Å². The Labute approximate surface area is 88.0 Å². The van der Waals surface area contributed by atoms with Crippen LogP contribution in [0.25, 0.3) is 0 Å². The Kier molecular flexibility index (Phi) is 6.34. The highest BCUT2D eigenvalue weighted by Gasteiger charge is 2.04. The van der Waals surface area contributed by atoms with E-state index in [4.69, 9.17) is 10.00 Å². The molecule has 0 N–H and O–H groups in total. The molecule has 2 nitrogen and oxygen atoms in total. The molecular formula is C10H14BrNO. The Balaban J connectivity index is 4.75. The smallest absolute Gasteiger partial charge is 0.291 e. The van der Waals surface area contributed by atoms with Crippen molar-refractivity contribution in [2.45, 2.75) is 33.6 Å². The summed E-state index contributed by atoms with van der Waals surface area (Å²) in [6.45, 7) is 5.96. The molecule has 3 heteroatoms. The van der Waals surface area contributed by atoms with E-state index in [1.807, 2.05) is 19.9 Å². The van der Waals surface area contributed by atoms with Crippen LogP contribution in [0.3, 0.4) is 0 Å². The molecule has 0 aliphatic heterocycles. The second-order valence-corrected chi connectivity index (χ2v) is 3.41. The lowest BCUT2D eigenvalue weighted by Crippen LogP contribution is -1.90. The standard InChI is InChI=1S/C10H14BrNO/c1-4-6-9(11)8(3)10(5-2)13-7-12/h6H,4-5H2,1-3H3/b9-6+,10-8+. The van der Waals surface area contributed by atoms with Crippen LogP contribution >= 0.6 is 15.9 Å². The Morgan fingerprint density at radius 3 is 2.54 bits per heavy atom. The number of ether oxygens (including phenoxy) is 1. The molecule has 0 saturated carbocycles. The minimum atomic E-state index is 0.721. The molecule has 0 amide bonds. The number of nitrogens with zero attached hydrogens (tertiary/aromatic N) is 1. The van der Waals surface area contributed by atoms with Crippen molar-refractivity contribution in [2.75, 3.05) is 0 Å². The molecule has 0 spiro atoms. The van der Waals surface area contributed by atoms with E-state index < -0.39 is 0 Å². The van der Waals surface area contributed by atoms with Gasteiger partial charge in [0.05, 0.1) is 0 Å². The molecule has 0 aliphatic carbocycles. The van der Waals surface area contributed by atoms with E-state index in [0.717, 1.165) is 28.7 Å². The SMILES string of the molecule is CC/C=C(Br)\C(C)=C(/CC)OC#N. The summed E-state index contributed by atoms with van der Waals surface area (Å²) in [6.07, 6.45) is 5.43. The fraction of sp³-hybridized carbons (Fsp3) is 0.500. The second-order valence-electron chi connectivity index (χ2n) is 2.56. The van der Waals surface area contributed by atoms with Gasteiger partial charge in [-0.25, -0.2) is 0 Å². The van der Waals surface area contributed by atoms with Gasteiger partial charge < -0.3 is 4.74 Å². The Hall–Kier alpha value is -0.750. The maximum atomic E-state index is 8.39. The molecule has 72 valence electrons. The molecular weight excluding hydrogens is 230 g/mol. The van der Waals surface area contributed by atoms with Crippen molar-refractivity contribution in [2.24, 2.45) is 0 Å². The summed E-state index contributed by atoms with van der Waals surface area (Å²) in [6, 6.07) is 0. The zero-order chi connectivity index (χ0) is 10.3. The van der Waals surface area contributed by atoms with Crippen molar-refractivity contribution in [1.29, 1.82) is 5.26 Å². The number of allylic oxidation sites excluding steroid dienone is 4. The Morgan fingerprint density at radius 1 is 1.54 bits per heavy atom. The highest BCUT2D eigenvalue weighted by atomic mass is 79.9. The van der Waals surface area contributed by atoms with Crippen molar-refractivity contribution in [3.8, 4) is 6.26 Å². The first-order valence-corrected chi connectivity index (χ1v) is 5.08. The van der Waals surface area contributed by atoms with E-state index in [0.29, 0.717) is 0 Å². The van der Waals surface area contributed by atoms with Gasteiger partial charge in [0.2, 0.25) is 0 Å². The van der Waals surface area contributed by atoms with Crippen LogP contribution in [0.1, 0.15) is 33.6 Å². The van der Waals surface area contributed by atoms with E-state index in [1.54, 1.807) is 6.26 Å². The predicted octanol–water partition coefficient (Wildman–Crippen LogP) is 3.86. The third kappa shape index (κ3) is 4.14. The first-order valence-electron chi connectivity index (χ1n) is 4.29. The predicted molar refractivity (Wildman–Crippen MR) is 57.0 cm³/mol. The van der Waals surface area contributed by atoms with E-state index in [2.05, 4.69) is 22.9 Å². The summed E-state index contributed by atoms with van der Waals surface area (Å²) in [5.41, 5.74) is 0.992. The van der Waals surface area contributed by atoms with E-state index >= 15 is 0 Å². The average Bonchev–Trinajstić information content (AvgIpc) is 2.13. The molecule has 0 fully saturated rings. The zero-order valence-corrected chi connectivity index (χ0v) is 9.81. The van der Waals surface area contributed by atoms with Crippen LogP contribution in [0.5, 0.6) is 0 Å². The molecule has 0 radical (unpaired) electrons. The summed E-state index contributed by atoms with van der Waals surface area (Å²) >= 11 is 3.43. The fourth-order valence-electron chi connectivity index (χ4n) is 0.934. The molecule has 0 aromatic rings. The zero-order valence-electron chi connectivity index (χ0n) is 8.22.